The molecule has 16 heavy (non-hydrogen) atoms. The molecule has 1 aromatic carbocycles. The molecule has 0 unspecified atom stereocenters. The van der Waals surface area contributed by atoms with E-state index < -0.39 is 0 Å². The van der Waals surface area contributed by atoms with Crippen LogP contribution in [0.4, 0.5) is 0 Å². The minimum absolute atomic E-state index is 1.15. The molecule has 1 aliphatic rings. The van der Waals surface area contributed by atoms with Crippen LogP contribution in [-0.4, -0.2) is 4.98 Å². The molecule has 0 atom stereocenters. The largest absolute Gasteiger partial charge is 0.257 e. The van der Waals surface area contributed by atoms with Crippen LogP contribution in [-0.2, 0) is 12.8 Å². The van der Waals surface area contributed by atoms with E-state index in [2.05, 4.69) is 30.3 Å². The number of aryl methyl sites for hydroxylation is 2. The maximum atomic E-state index is 4.82. The SMILES string of the molecule is c1ccc2c3nc(cc2c1)CCCCCC3. The third kappa shape index (κ3) is 1.82. The molecule has 0 spiro atoms. The molecular weight excluding hydrogens is 194 g/mol. The Kier molecular flexibility index (Phi) is 2.61. The first kappa shape index (κ1) is 9.83. The van der Waals surface area contributed by atoms with Crippen molar-refractivity contribution in [3.63, 3.8) is 0 Å². The Labute approximate surface area is 96.5 Å². The van der Waals surface area contributed by atoms with E-state index in [0.29, 0.717) is 0 Å². The summed E-state index contributed by atoms with van der Waals surface area (Å²) in [6.07, 6.45) is 7.60. The van der Waals surface area contributed by atoms with Crippen LogP contribution in [0.3, 0.4) is 0 Å². The zero-order valence-corrected chi connectivity index (χ0v) is 9.58. The van der Waals surface area contributed by atoms with Gasteiger partial charge in [0.25, 0.3) is 0 Å². The van der Waals surface area contributed by atoms with Crippen LogP contribution in [0, 0.1) is 0 Å². The van der Waals surface area contributed by atoms with E-state index in [-0.39, 0.29) is 0 Å². The molecule has 0 amide bonds. The van der Waals surface area contributed by atoms with Crippen molar-refractivity contribution in [3.8, 4) is 0 Å². The Hall–Kier alpha value is -1.37. The second kappa shape index (κ2) is 4.25. The highest BCUT2D eigenvalue weighted by molar-refractivity contribution is 5.84. The number of fused-ring (bicyclic) bond motifs is 4. The first-order chi connectivity index (χ1) is 7.93. The Morgan fingerprint density at radius 3 is 2.62 bits per heavy atom. The smallest absolute Gasteiger partial charge is 0.0485 e. The summed E-state index contributed by atoms with van der Waals surface area (Å²) in [5, 5.41) is 2.72. The van der Waals surface area contributed by atoms with Gasteiger partial charge in [0.15, 0.2) is 0 Å². The second-order valence-electron chi connectivity index (χ2n) is 4.70. The molecule has 82 valence electrons. The Balaban J connectivity index is 2.17. The predicted octanol–water partition coefficient (Wildman–Crippen LogP) is 3.89. The lowest BCUT2D eigenvalue weighted by atomic mass is 10.1. The van der Waals surface area contributed by atoms with Gasteiger partial charge in [-0.2, -0.15) is 0 Å². The fourth-order valence-electron chi connectivity index (χ4n) is 2.60. The first-order valence-corrected chi connectivity index (χ1v) is 6.31. The molecule has 0 radical (unpaired) electrons. The minimum atomic E-state index is 1.15. The van der Waals surface area contributed by atoms with Gasteiger partial charge in [-0.3, -0.25) is 4.98 Å². The normalized spacial score (nSPS) is 16.5. The molecule has 0 N–H and O–H groups in total. The van der Waals surface area contributed by atoms with Crippen LogP contribution in [0.1, 0.15) is 37.1 Å². The highest BCUT2D eigenvalue weighted by atomic mass is 14.7. The summed E-state index contributed by atoms with van der Waals surface area (Å²) in [7, 11) is 0. The maximum absolute atomic E-state index is 4.82. The first-order valence-electron chi connectivity index (χ1n) is 6.31. The van der Waals surface area contributed by atoms with E-state index in [0.717, 1.165) is 12.8 Å². The van der Waals surface area contributed by atoms with E-state index in [1.807, 2.05) is 0 Å². The van der Waals surface area contributed by atoms with Gasteiger partial charge in [-0.1, -0.05) is 37.1 Å². The van der Waals surface area contributed by atoms with Crippen molar-refractivity contribution in [2.45, 2.75) is 38.5 Å². The summed E-state index contributed by atoms with van der Waals surface area (Å²) in [6, 6.07) is 10.9. The van der Waals surface area contributed by atoms with Crippen LogP contribution < -0.4 is 0 Å². The van der Waals surface area contributed by atoms with Crippen molar-refractivity contribution in [1.82, 2.24) is 4.98 Å². The van der Waals surface area contributed by atoms with Gasteiger partial charge >= 0.3 is 0 Å². The van der Waals surface area contributed by atoms with Gasteiger partial charge in [-0.15, -0.1) is 0 Å². The van der Waals surface area contributed by atoms with Crippen LogP contribution in [0.2, 0.25) is 0 Å². The van der Waals surface area contributed by atoms with Crippen molar-refractivity contribution < 1.29 is 0 Å². The fraction of sp³-hybridized carbons (Fsp3) is 0.400. The van der Waals surface area contributed by atoms with Gasteiger partial charge in [0.05, 0.1) is 0 Å². The highest BCUT2D eigenvalue weighted by Gasteiger charge is 2.07. The quantitative estimate of drug-likeness (QED) is 0.644. The zero-order chi connectivity index (χ0) is 10.8. The summed E-state index contributed by atoms with van der Waals surface area (Å²) < 4.78 is 0. The third-order valence-corrected chi connectivity index (χ3v) is 3.47. The lowest BCUT2D eigenvalue weighted by Crippen LogP contribution is -1.96. The molecule has 2 heterocycles. The predicted molar refractivity (Wildman–Crippen MR) is 67.6 cm³/mol. The molecule has 0 aliphatic carbocycles. The van der Waals surface area contributed by atoms with Crippen LogP contribution in [0.25, 0.3) is 10.8 Å². The number of hydrogen-bond acceptors (Lipinski definition) is 1. The van der Waals surface area contributed by atoms with E-state index in [1.54, 1.807) is 0 Å². The van der Waals surface area contributed by atoms with E-state index in [1.165, 1.54) is 47.8 Å². The molecule has 2 aromatic rings. The molecule has 0 fully saturated rings. The lowest BCUT2D eigenvalue weighted by Gasteiger charge is -2.07. The number of rotatable bonds is 0. The number of nitrogens with zero attached hydrogens (tertiary/aromatic N) is 1. The van der Waals surface area contributed by atoms with E-state index >= 15 is 0 Å². The fourth-order valence-corrected chi connectivity index (χ4v) is 2.60. The summed E-state index contributed by atoms with van der Waals surface area (Å²) in [6.45, 7) is 0. The van der Waals surface area contributed by atoms with Gasteiger partial charge in [0.2, 0.25) is 0 Å². The highest BCUT2D eigenvalue weighted by Crippen LogP contribution is 2.23. The molecule has 0 saturated carbocycles. The summed E-state index contributed by atoms with van der Waals surface area (Å²) in [5.74, 6) is 0. The summed E-state index contributed by atoms with van der Waals surface area (Å²) >= 11 is 0. The van der Waals surface area contributed by atoms with Crippen molar-refractivity contribution in [3.05, 3.63) is 41.7 Å². The van der Waals surface area contributed by atoms with Gasteiger partial charge in [-0.05, 0) is 37.1 Å². The van der Waals surface area contributed by atoms with Gasteiger partial charge < -0.3 is 0 Å². The van der Waals surface area contributed by atoms with E-state index in [4.69, 9.17) is 4.98 Å². The number of benzene rings is 1. The van der Waals surface area contributed by atoms with Crippen LogP contribution in [0.15, 0.2) is 30.3 Å². The molecule has 2 bridgehead atoms. The monoisotopic (exact) mass is 211 g/mol. The summed E-state index contributed by atoms with van der Waals surface area (Å²) in [5.41, 5.74) is 2.60. The average Bonchev–Trinajstić information content (AvgIpc) is 2.41. The second-order valence-corrected chi connectivity index (χ2v) is 4.70. The molecule has 3 rings (SSSR count). The molecule has 1 aliphatic heterocycles. The topological polar surface area (TPSA) is 12.9 Å². The Morgan fingerprint density at radius 2 is 1.69 bits per heavy atom. The number of pyridine rings is 1. The average molecular weight is 211 g/mol. The molecule has 1 nitrogen and oxygen atoms in total. The van der Waals surface area contributed by atoms with Gasteiger partial charge in [0, 0.05) is 16.8 Å². The molecular formula is C15H17N. The molecule has 1 heteroatoms. The van der Waals surface area contributed by atoms with Crippen LogP contribution >= 0.6 is 0 Å². The number of hydrogen-bond donors (Lipinski definition) is 0. The van der Waals surface area contributed by atoms with Crippen molar-refractivity contribution in [1.29, 1.82) is 0 Å². The van der Waals surface area contributed by atoms with E-state index in [9.17, 15) is 0 Å². The minimum Gasteiger partial charge on any atom is -0.257 e. The third-order valence-electron chi connectivity index (χ3n) is 3.47. The lowest BCUT2D eigenvalue weighted by molar-refractivity contribution is 0.649. The van der Waals surface area contributed by atoms with Crippen molar-refractivity contribution in [2.24, 2.45) is 0 Å². The molecule has 0 saturated heterocycles. The van der Waals surface area contributed by atoms with Crippen molar-refractivity contribution >= 4 is 10.8 Å². The standard InChI is InChI=1S/C15H17N/c1-2-4-10-15-14-9-6-5-7-12(14)11-13(16-15)8-3-1/h5-7,9,11H,1-4,8,10H2. The van der Waals surface area contributed by atoms with Crippen LogP contribution in [0.5, 0.6) is 0 Å². The van der Waals surface area contributed by atoms with Crippen molar-refractivity contribution in [2.75, 3.05) is 0 Å². The maximum Gasteiger partial charge on any atom is 0.0485 e. The number of aromatic nitrogens is 1. The Morgan fingerprint density at radius 1 is 0.875 bits per heavy atom. The Bertz CT molecular complexity index is 502. The summed E-state index contributed by atoms with van der Waals surface area (Å²) in [4.78, 5) is 4.82. The van der Waals surface area contributed by atoms with Gasteiger partial charge in [0.1, 0.15) is 0 Å². The molecule has 1 aromatic heterocycles. The zero-order valence-electron chi connectivity index (χ0n) is 9.58. The van der Waals surface area contributed by atoms with Gasteiger partial charge in [-0.25, -0.2) is 0 Å².